The maximum absolute atomic E-state index is 13.1. The van der Waals surface area contributed by atoms with Crippen molar-refractivity contribution in [1.29, 1.82) is 0 Å². The molecule has 0 amide bonds. The van der Waals surface area contributed by atoms with Crippen molar-refractivity contribution in [3.05, 3.63) is 48.4 Å². The lowest BCUT2D eigenvalue weighted by Crippen LogP contribution is -2.14. The molecule has 7 nitrogen and oxygen atoms in total. The lowest BCUT2D eigenvalue weighted by molar-refractivity contribution is -0.141. The van der Waals surface area contributed by atoms with Gasteiger partial charge in [0.15, 0.2) is 11.5 Å². The number of halogens is 3. The summed E-state index contributed by atoms with van der Waals surface area (Å²) in [6, 6.07) is 3.63. The second-order valence-corrected chi connectivity index (χ2v) is 4.94. The first-order valence-corrected chi connectivity index (χ1v) is 6.92. The highest BCUT2D eigenvalue weighted by Crippen LogP contribution is 2.31. The average molecular weight is 335 g/mol. The predicted octanol–water partition coefficient (Wildman–Crippen LogP) is 2.85. The van der Waals surface area contributed by atoms with Gasteiger partial charge in [0.1, 0.15) is 18.0 Å². The Morgan fingerprint density at radius 2 is 2.08 bits per heavy atom. The number of pyridine rings is 1. The normalized spacial score (nSPS) is 12.8. The highest BCUT2D eigenvalue weighted by atomic mass is 19.4. The van der Waals surface area contributed by atoms with Gasteiger partial charge in [0.2, 0.25) is 0 Å². The molecule has 3 heterocycles. The van der Waals surface area contributed by atoms with Crippen LogP contribution in [0.5, 0.6) is 0 Å². The van der Waals surface area contributed by atoms with Crippen molar-refractivity contribution < 1.29 is 13.2 Å². The summed E-state index contributed by atoms with van der Waals surface area (Å²) in [5, 5.41) is 9.22. The van der Waals surface area contributed by atoms with Crippen LogP contribution in [0.25, 0.3) is 11.4 Å². The minimum atomic E-state index is -4.59. The third-order valence-electron chi connectivity index (χ3n) is 3.14. The molecule has 10 heteroatoms. The van der Waals surface area contributed by atoms with Gasteiger partial charge in [-0.25, -0.2) is 15.0 Å². The van der Waals surface area contributed by atoms with E-state index in [-0.39, 0.29) is 11.6 Å². The van der Waals surface area contributed by atoms with Crippen LogP contribution in [0, 0.1) is 0 Å². The SMILES string of the molecule is CC(Nc1cc(C(F)(F)F)nc(-c2cccnc2)n1)c1ncn[nH]1. The molecule has 0 saturated carbocycles. The Kier molecular flexibility index (Phi) is 4.11. The molecule has 0 aliphatic rings. The number of alkyl halides is 3. The van der Waals surface area contributed by atoms with Crippen molar-refractivity contribution in [2.45, 2.75) is 19.1 Å². The van der Waals surface area contributed by atoms with E-state index in [0.29, 0.717) is 11.4 Å². The van der Waals surface area contributed by atoms with Gasteiger partial charge < -0.3 is 5.32 Å². The van der Waals surface area contributed by atoms with E-state index in [1.807, 2.05) is 0 Å². The smallest absolute Gasteiger partial charge is 0.360 e. The molecule has 0 aliphatic heterocycles. The highest BCUT2D eigenvalue weighted by molar-refractivity contribution is 5.56. The highest BCUT2D eigenvalue weighted by Gasteiger charge is 2.34. The summed E-state index contributed by atoms with van der Waals surface area (Å²) in [4.78, 5) is 15.6. The molecule has 0 aliphatic carbocycles. The number of hydrogen-bond donors (Lipinski definition) is 2. The van der Waals surface area contributed by atoms with Gasteiger partial charge in [0, 0.05) is 24.0 Å². The molecule has 0 bridgehead atoms. The minimum Gasteiger partial charge on any atom is -0.360 e. The third kappa shape index (κ3) is 3.47. The van der Waals surface area contributed by atoms with Crippen LogP contribution in [0.4, 0.5) is 19.0 Å². The van der Waals surface area contributed by atoms with Gasteiger partial charge in [-0.05, 0) is 19.1 Å². The Hall–Kier alpha value is -3.04. The molecule has 1 unspecified atom stereocenters. The molecule has 3 aromatic heterocycles. The average Bonchev–Trinajstić information content (AvgIpc) is 3.09. The molecule has 3 aromatic rings. The van der Waals surface area contributed by atoms with Gasteiger partial charge in [-0.1, -0.05) is 0 Å². The zero-order valence-corrected chi connectivity index (χ0v) is 12.4. The molecule has 1 atom stereocenters. The van der Waals surface area contributed by atoms with Crippen molar-refractivity contribution in [1.82, 2.24) is 30.1 Å². The molecular weight excluding hydrogens is 323 g/mol. The van der Waals surface area contributed by atoms with E-state index in [1.165, 1.54) is 18.7 Å². The van der Waals surface area contributed by atoms with E-state index in [2.05, 4.69) is 35.5 Å². The lowest BCUT2D eigenvalue weighted by Gasteiger charge is -2.15. The van der Waals surface area contributed by atoms with Crippen molar-refractivity contribution in [3.8, 4) is 11.4 Å². The van der Waals surface area contributed by atoms with Gasteiger partial charge in [-0.15, -0.1) is 0 Å². The van der Waals surface area contributed by atoms with E-state index in [4.69, 9.17) is 0 Å². The Morgan fingerprint density at radius 1 is 1.25 bits per heavy atom. The summed E-state index contributed by atoms with van der Waals surface area (Å²) >= 11 is 0. The van der Waals surface area contributed by atoms with Gasteiger partial charge in [-0.3, -0.25) is 10.1 Å². The fourth-order valence-electron chi connectivity index (χ4n) is 2.00. The maximum atomic E-state index is 13.1. The van der Waals surface area contributed by atoms with E-state index < -0.39 is 17.9 Å². The van der Waals surface area contributed by atoms with E-state index in [9.17, 15) is 13.2 Å². The molecule has 0 aromatic carbocycles. The van der Waals surface area contributed by atoms with Crippen LogP contribution in [-0.4, -0.2) is 30.1 Å². The second-order valence-electron chi connectivity index (χ2n) is 4.94. The molecule has 0 saturated heterocycles. The Morgan fingerprint density at radius 3 is 2.71 bits per heavy atom. The fraction of sp³-hybridized carbons (Fsp3) is 0.214. The summed E-state index contributed by atoms with van der Waals surface area (Å²) in [5.41, 5.74) is -0.650. The van der Waals surface area contributed by atoms with Crippen LogP contribution in [0.1, 0.15) is 24.5 Å². The van der Waals surface area contributed by atoms with Gasteiger partial charge in [0.05, 0.1) is 6.04 Å². The van der Waals surface area contributed by atoms with Crippen molar-refractivity contribution >= 4 is 5.82 Å². The zero-order valence-electron chi connectivity index (χ0n) is 12.4. The molecule has 24 heavy (non-hydrogen) atoms. The van der Waals surface area contributed by atoms with E-state index >= 15 is 0 Å². The van der Waals surface area contributed by atoms with Crippen LogP contribution in [0.3, 0.4) is 0 Å². The summed E-state index contributed by atoms with van der Waals surface area (Å²) in [6.07, 6.45) is -0.358. The van der Waals surface area contributed by atoms with Gasteiger partial charge in [-0.2, -0.15) is 18.3 Å². The fourth-order valence-corrected chi connectivity index (χ4v) is 2.00. The monoisotopic (exact) mass is 335 g/mol. The van der Waals surface area contributed by atoms with E-state index in [0.717, 1.165) is 6.07 Å². The minimum absolute atomic E-state index is 0.0279. The van der Waals surface area contributed by atoms with Crippen LogP contribution in [0.2, 0.25) is 0 Å². The van der Waals surface area contributed by atoms with Gasteiger partial charge in [0.25, 0.3) is 0 Å². The standard InChI is InChI=1S/C14H12F3N7/c1-8(12-19-7-20-24-12)21-11-5-10(14(15,16)17)22-13(23-11)9-3-2-4-18-6-9/h2-8H,1H3,(H,19,20,24)(H,21,22,23). The van der Waals surface area contributed by atoms with Crippen LogP contribution in [0.15, 0.2) is 36.9 Å². The molecule has 0 radical (unpaired) electrons. The first-order chi connectivity index (χ1) is 11.4. The quantitative estimate of drug-likeness (QED) is 0.762. The molecule has 0 fully saturated rings. The van der Waals surface area contributed by atoms with Crippen LogP contribution in [-0.2, 0) is 6.18 Å². The molecule has 124 valence electrons. The number of nitrogens with zero attached hydrogens (tertiary/aromatic N) is 5. The number of nitrogens with one attached hydrogen (secondary N) is 2. The van der Waals surface area contributed by atoms with Crippen molar-refractivity contribution in [2.75, 3.05) is 5.32 Å². The number of rotatable bonds is 4. The molecule has 3 rings (SSSR count). The van der Waals surface area contributed by atoms with Crippen molar-refractivity contribution in [3.63, 3.8) is 0 Å². The first kappa shape index (κ1) is 15.8. The summed E-state index contributed by atoms with van der Waals surface area (Å²) in [6.45, 7) is 1.72. The Labute approximate surface area is 134 Å². The lowest BCUT2D eigenvalue weighted by atomic mass is 10.2. The summed E-state index contributed by atoms with van der Waals surface area (Å²) in [5.74, 6) is 0.440. The number of aromatic amines is 1. The molecular formula is C14H12F3N7. The molecule has 2 N–H and O–H groups in total. The topological polar surface area (TPSA) is 92.3 Å². The van der Waals surface area contributed by atoms with Gasteiger partial charge >= 0.3 is 6.18 Å². The van der Waals surface area contributed by atoms with E-state index in [1.54, 1.807) is 19.1 Å². The maximum Gasteiger partial charge on any atom is 0.433 e. The van der Waals surface area contributed by atoms with Crippen molar-refractivity contribution in [2.24, 2.45) is 0 Å². The summed E-state index contributed by atoms with van der Waals surface area (Å²) < 4.78 is 39.3. The summed E-state index contributed by atoms with van der Waals surface area (Å²) in [7, 11) is 0. The van der Waals surface area contributed by atoms with Crippen LogP contribution >= 0.6 is 0 Å². The van der Waals surface area contributed by atoms with Crippen LogP contribution < -0.4 is 5.32 Å². The number of anilines is 1. The Bertz CT molecular complexity index is 803. The number of hydrogen-bond acceptors (Lipinski definition) is 6. The predicted molar refractivity (Wildman–Crippen MR) is 78.7 cm³/mol. The first-order valence-electron chi connectivity index (χ1n) is 6.92. The largest absolute Gasteiger partial charge is 0.433 e. The number of aromatic nitrogens is 6. The second kappa shape index (κ2) is 6.22. The molecule has 0 spiro atoms. The zero-order chi connectivity index (χ0) is 17.2. The Balaban J connectivity index is 1.99. The third-order valence-corrected chi connectivity index (χ3v) is 3.14. The number of H-pyrrole nitrogens is 1.